The molecule has 1 saturated heterocycles. The molecular weight excluding hydrogens is 480 g/mol. The second-order valence-electron chi connectivity index (χ2n) is 11.1. The van der Waals surface area contributed by atoms with Crippen molar-refractivity contribution in [3.63, 3.8) is 0 Å². The number of nitrogens with one attached hydrogen (secondary N) is 3. The summed E-state index contributed by atoms with van der Waals surface area (Å²) in [5, 5.41) is 15.8. The van der Waals surface area contributed by atoms with Gasteiger partial charge in [0.15, 0.2) is 5.96 Å². The zero-order chi connectivity index (χ0) is 26.3. The molecule has 4 atom stereocenters. The van der Waals surface area contributed by atoms with Gasteiger partial charge in [-0.3, -0.25) is 19.9 Å². The van der Waals surface area contributed by atoms with Crippen LogP contribution in [0.2, 0.25) is 5.02 Å². The van der Waals surface area contributed by atoms with Gasteiger partial charge in [0.05, 0.1) is 12.5 Å². The fraction of sp³-hybridized carbons (Fsp3) is 0.667. The molecule has 0 spiro atoms. The molecule has 1 aromatic rings. The van der Waals surface area contributed by atoms with Crippen molar-refractivity contribution in [2.24, 2.45) is 11.8 Å². The number of carbonyl (C=O) groups is 2. The van der Waals surface area contributed by atoms with E-state index in [1.807, 2.05) is 39.8 Å². The van der Waals surface area contributed by atoms with E-state index in [0.717, 1.165) is 24.2 Å². The van der Waals surface area contributed by atoms with Crippen molar-refractivity contribution in [2.45, 2.75) is 89.4 Å². The minimum absolute atomic E-state index is 0.0197. The Labute approximate surface area is 218 Å². The number of amides is 2. The Morgan fingerprint density at radius 1 is 1.36 bits per heavy atom. The number of rotatable bonds is 9. The van der Waals surface area contributed by atoms with Crippen molar-refractivity contribution in [3.05, 3.63) is 28.8 Å². The molecule has 2 heterocycles. The molecule has 3 aliphatic rings. The van der Waals surface area contributed by atoms with E-state index in [1.54, 1.807) is 18.1 Å². The summed E-state index contributed by atoms with van der Waals surface area (Å²) in [5.74, 6) is 0.552. The molecule has 9 heteroatoms. The molecule has 1 aromatic carbocycles. The van der Waals surface area contributed by atoms with Crippen LogP contribution in [0.4, 0.5) is 0 Å². The van der Waals surface area contributed by atoms with Gasteiger partial charge >= 0.3 is 0 Å². The maximum atomic E-state index is 13.4. The van der Waals surface area contributed by atoms with Gasteiger partial charge < -0.3 is 20.1 Å². The first kappa shape index (κ1) is 26.7. The summed E-state index contributed by atoms with van der Waals surface area (Å²) in [7, 11) is 1.63. The summed E-state index contributed by atoms with van der Waals surface area (Å²) in [6.07, 6.45) is 3.79. The van der Waals surface area contributed by atoms with Crippen LogP contribution in [0.15, 0.2) is 18.2 Å². The van der Waals surface area contributed by atoms with Gasteiger partial charge in [-0.25, -0.2) is 0 Å². The number of guanidine groups is 1. The van der Waals surface area contributed by atoms with E-state index < -0.39 is 5.60 Å². The van der Waals surface area contributed by atoms with Crippen LogP contribution in [0.1, 0.15) is 77.8 Å². The Bertz CT molecular complexity index is 1010. The molecule has 1 saturated carbocycles. The molecule has 1 aliphatic carbocycles. The summed E-state index contributed by atoms with van der Waals surface area (Å²) in [6.45, 7) is 8.56. The topological polar surface area (TPSA) is 104 Å². The highest BCUT2D eigenvalue weighted by Crippen LogP contribution is 2.47. The van der Waals surface area contributed by atoms with E-state index in [1.165, 1.54) is 0 Å². The van der Waals surface area contributed by atoms with Gasteiger partial charge in [0, 0.05) is 48.2 Å². The lowest BCUT2D eigenvalue weighted by molar-refractivity contribution is -0.134. The second-order valence-corrected chi connectivity index (χ2v) is 11.5. The molecule has 0 unspecified atom stereocenters. The van der Waals surface area contributed by atoms with E-state index in [2.05, 4.69) is 10.6 Å². The molecular formula is C27H39ClN4O4. The highest BCUT2D eigenvalue weighted by Gasteiger charge is 2.53. The quantitative estimate of drug-likeness (QED) is 0.449. The van der Waals surface area contributed by atoms with Gasteiger partial charge in [0.25, 0.3) is 0 Å². The van der Waals surface area contributed by atoms with Crippen molar-refractivity contribution in [3.8, 4) is 5.75 Å². The summed E-state index contributed by atoms with van der Waals surface area (Å²) < 4.78 is 11.4. The molecule has 36 heavy (non-hydrogen) atoms. The van der Waals surface area contributed by atoms with Crippen LogP contribution in [0.25, 0.3) is 0 Å². The fourth-order valence-corrected chi connectivity index (χ4v) is 6.01. The van der Waals surface area contributed by atoms with Gasteiger partial charge in [0.2, 0.25) is 11.8 Å². The van der Waals surface area contributed by atoms with Crippen LogP contribution in [0, 0.1) is 17.2 Å². The van der Waals surface area contributed by atoms with Gasteiger partial charge in [-0.1, -0.05) is 25.4 Å². The number of fused-ring (bicyclic) bond motifs is 1. The first-order valence-electron chi connectivity index (χ1n) is 13.0. The van der Waals surface area contributed by atoms with E-state index in [-0.39, 0.29) is 47.2 Å². The van der Waals surface area contributed by atoms with Gasteiger partial charge in [-0.05, 0) is 63.6 Å². The Morgan fingerprint density at radius 2 is 2.08 bits per heavy atom. The highest BCUT2D eigenvalue weighted by molar-refractivity contribution is 6.30. The third-order valence-electron chi connectivity index (χ3n) is 8.10. The predicted octanol–water partition coefficient (Wildman–Crippen LogP) is 4.42. The predicted molar refractivity (Wildman–Crippen MR) is 139 cm³/mol. The number of methoxy groups -OCH3 is 1. The lowest BCUT2D eigenvalue weighted by atomic mass is 9.86. The lowest BCUT2D eigenvalue weighted by Crippen LogP contribution is -2.64. The molecule has 8 nitrogen and oxygen atoms in total. The smallest absolute Gasteiger partial charge is 0.231 e. The third-order valence-corrected chi connectivity index (χ3v) is 8.34. The largest absolute Gasteiger partial charge is 0.487 e. The van der Waals surface area contributed by atoms with Crippen molar-refractivity contribution in [1.29, 1.82) is 5.41 Å². The molecule has 0 aromatic heterocycles. The Kier molecular flexibility index (Phi) is 7.58. The molecule has 4 rings (SSSR count). The van der Waals surface area contributed by atoms with Crippen LogP contribution in [-0.4, -0.2) is 53.6 Å². The summed E-state index contributed by atoms with van der Waals surface area (Å²) in [4.78, 5) is 28.3. The first-order chi connectivity index (χ1) is 17.0. The molecule has 2 aliphatic heterocycles. The number of carbonyl (C=O) groups excluding carboxylic acids is 2. The van der Waals surface area contributed by atoms with Gasteiger partial charge in [-0.15, -0.1) is 0 Å². The highest BCUT2D eigenvalue weighted by atomic mass is 35.5. The normalized spacial score (nSPS) is 26.9. The number of hydrogen-bond donors (Lipinski definition) is 3. The van der Waals surface area contributed by atoms with Crippen LogP contribution in [0.5, 0.6) is 5.75 Å². The van der Waals surface area contributed by atoms with Crippen molar-refractivity contribution < 1.29 is 19.1 Å². The number of ether oxygens (including phenoxy) is 2. The van der Waals surface area contributed by atoms with Crippen LogP contribution in [-0.2, 0) is 14.3 Å². The van der Waals surface area contributed by atoms with Crippen LogP contribution >= 0.6 is 11.6 Å². The van der Waals surface area contributed by atoms with Gasteiger partial charge in [-0.2, -0.15) is 0 Å². The second kappa shape index (κ2) is 10.2. The molecule has 3 N–H and O–H groups in total. The zero-order valence-corrected chi connectivity index (χ0v) is 22.7. The SMILES string of the molecule is CCC1(CC)CC(=O)N([C@H](CCOC)[C@@H]2C[C@H]2C(=O)N[C@H]2CC(C)(C)Oc3ccc(Cl)cc32)C(=N)N1. The number of hydrogen-bond acceptors (Lipinski definition) is 5. The number of nitrogens with zero attached hydrogens (tertiary/aromatic N) is 1. The van der Waals surface area contributed by atoms with E-state index >= 15 is 0 Å². The van der Waals surface area contributed by atoms with Crippen molar-refractivity contribution in [1.82, 2.24) is 15.5 Å². The summed E-state index contributed by atoms with van der Waals surface area (Å²) >= 11 is 6.25. The molecule has 198 valence electrons. The summed E-state index contributed by atoms with van der Waals surface area (Å²) in [5.41, 5.74) is 0.0896. The maximum Gasteiger partial charge on any atom is 0.231 e. The standard InChI is InChI=1S/C27H39ClN4O4/c1-6-27(7-2)15-23(33)32(25(29)31-27)21(10-11-35-5)17-13-18(17)24(34)30-20-14-26(3,4)36-22-9-8-16(28)12-19(20)22/h8-9,12,17-18,20-21H,6-7,10-11,13-15H2,1-5H3,(H2,29,31)(H,30,34)/t17-,18-,20+,21-/m1/s1. The van der Waals surface area contributed by atoms with Crippen LogP contribution in [0.3, 0.4) is 0 Å². The molecule has 0 bridgehead atoms. The third kappa shape index (κ3) is 5.35. The van der Waals surface area contributed by atoms with E-state index in [4.69, 9.17) is 26.5 Å². The maximum absolute atomic E-state index is 13.4. The average Bonchev–Trinajstić information content (AvgIpc) is 3.61. The number of halogens is 1. The Hall–Kier alpha value is -2.32. The first-order valence-corrected chi connectivity index (χ1v) is 13.4. The minimum Gasteiger partial charge on any atom is -0.487 e. The molecule has 0 radical (unpaired) electrons. The Balaban J connectivity index is 1.49. The summed E-state index contributed by atoms with van der Waals surface area (Å²) in [6, 6.07) is 5.04. The van der Waals surface area contributed by atoms with Crippen molar-refractivity contribution >= 4 is 29.4 Å². The lowest BCUT2D eigenvalue weighted by Gasteiger charge is -2.45. The van der Waals surface area contributed by atoms with Gasteiger partial charge in [0.1, 0.15) is 11.4 Å². The van der Waals surface area contributed by atoms with E-state index in [0.29, 0.717) is 37.3 Å². The fourth-order valence-electron chi connectivity index (χ4n) is 5.83. The number of benzene rings is 1. The Morgan fingerprint density at radius 3 is 2.72 bits per heavy atom. The van der Waals surface area contributed by atoms with E-state index in [9.17, 15) is 9.59 Å². The van der Waals surface area contributed by atoms with Crippen LogP contribution < -0.4 is 15.4 Å². The van der Waals surface area contributed by atoms with Crippen molar-refractivity contribution in [2.75, 3.05) is 13.7 Å². The zero-order valence-electron chi connectivity index (χ0n) is 21.9. The monoisotopic (exact) mass is 518 g/mol. The molecule has 2 fully saturated rings. The average molecular weight is 519 g/mol. The minimum atomic E-state index is -0.422. The molecule has 2 amide bonds.